The Morgan fingerprint density at radius 2 is 1.16 bits per heavy atom. The lowest BCUT2D eigenvalue weighted by Crippen LogP contribution is -2.27. The van der Waals surface area contributed by atoms with Gasteiger partial charge in [-0.3, -0.25) is 4.99 Å². The molecule has 134 valence electrons. The van der Waals surface area contributed by atoms with E-state index < -0.39 is 0 Å². The molecule has 0 spiro atoms. The molecule has 2 heteroatoms. The molecule has 0 N–H and O–H groups in total. The molecule has 0 amide bonds. The number of nitrogens with zero attached hydrogens (tertiary/aromatic N) is 1. The molecular weight excluding hydrogens is 321 g/mol. The minimum atomic E-state index is -0.344. The molecular formula is C23H32NP. The molecule has 0 heterocycles. The average molecular weight is 353 g/mol. The standard InChI is InChI=1S/C23H32NP/c1-15-10-17(3)21(18(4)11-15)24-14-23(7,8)25(9)22-19(5)12-16(2)13-20(22)6/h10-14H,1-9H3. The molecule has 25 heavy (non-hydrogen) atoms. The summed E-state index contributed by atoms with van der Waals surface area (Å²) in [6, 6.07) is 9.05. The van der Waals surface area contributed by atoms with Crippen LogP contribution in [0.4, 0.5) is 5.69 Å². The zero-order valence-corrected chi connectivity index (χ0v) is 18.2. The van der Waals surface area contributed by atoms with Crippen LogP contribution in [-0.2, 0) is 0 Å². The minimum absolute atomic E-state index is 0.0455. The first-order valence-corrected chi connectivity index (χ1v) is 10.8. The van der Waals surface area contributed by atoms with Crippen molar-refractivity contribution in [3.63, 3.8) is 0 Å². The van der Waals surface area contributed by atoms with E-state index in [1.807, 2.05) is 0 Å². The van der Waals surface area contributed by atoms with Gasteiger partial charge in [-0.1, -0.05) is 57.2 Å². The normalized spacial score (nSPS) is 13.5. The first kappa shape index (κ1) is 19.9. The summed E-state index contributed by atoms with van der Waals surface area (Å²) in [5.41, 5.74) is 9.11. The van der Waals surface area contributed by atoms with E-state index in [4.69, 9.17) is 4.99 Å². The van der Waals surface area contributed by atoms with Crippen molar-refractivity contribution in [2.24, 2.45) is 4.99 Å². The first-order valence-electron chi connectivity index (χ1n) is 8.97. The zero-order chi connectivity index (χ0) is 18.9. The maximum atomic E-state index is 4.93. The fourth-order valence-corrected chi connectivity index (χ4v) is 5.67. The van der Waals surface area contributed by atoms with E-state index in [1.54, 1.807) is 0 Å². The molecule has 0 aliphatic carbocycles. The average Bonchev–Trinajstić information content (AvgIpc) is 2.44. The Hall–Kier alpha value is -1.46. The minimum Gasteiger partial charge on any atom is -0.260 e. The Bertz CT molecular complexity index is 769. The van der Waals surface area contributed by atoms with Crippen LogP contribution in [0.2, 0.25) is 0 Å². The van der Waals surface area contributed by atoms with Crippen molar-refractivity contribution in [1.29, 1.82) is 0 Å². The monoisotopic (exact) mass is 353 g/mol. The van der Waals surface area contributed by atoms with Gasteiger partial charge in [0.05, 0.1) is 5.69 Å². The van der Waals surface area contributed by atoms with Crippen LogP contribution in [0.25, 0.3) is 0 Å². The fraction of sp³-hybridized carbons (Fsp3) is 0.435. The van der Waals surface area contributed by atoms with Crippen LogP contribution in [0.15, 0.2) is 29.3 Å². The summed E-state index contributed by atoms with van der Waals surface area (Å²) in [5, 5.41) is 1.57. The summed E-state index contributed by atoms with van der Waals surface area (Å²) in [7, 11) is -0.344. The highest BCUT2D eigenvalue weighted by molar-refractivity contribution is 7.67. The van der Waals surface area contributed by atoms with Gasteiger partial charge in [0.15, 0.2) is 0 Å². The molecule has 0 saturated heterocycles. The summed E-state index contributed by atoms with van der Waals surface area (Å²) < 4.78 is 0. The van der Waals surface area contributed by atoms with Crippen molar-refractivity contribution in [1.82, 2.24) is 0 Å². The van der Waals surface area contributed by atoms with Crippen molar-refractivity contribution in [3.05, 3.63) is 57.6 Å². The Morgan fingerprint density at radius 1 is 0.760 bits per heavy atom. The van der Waals surface area contributed by atoms with E-state index in [1.165, 1.54) is 38.7 Å². The molecule has 0 bridgehead atoms. The lowest BCUT2D eigenvalue weighted by Gasteiger charge is -2.31. The number of aliphatic imine (C=N–C) groups is 1. The van der Waals surface area contributed by atoms with Gasteiger partial charge < -0.3 is 0 Å². The molecule has 2 rings (SSSR count). The van der Waals surface area contributed by atoms with Crippen LogP contribution in [0, 0.1) is 41.5 Å². The van der Waals surface area contributed by atoms with Crippen LogP contribution in [0.5, 0.6) is 0 Å². The molecule has 0 aliphatic rings. The van der Waals surface area contributed by atoms with Gasteiger partial charge >= 0.3 is 0 Å². The highest BCUT2D eigenvalue weighted by Crippen LogP contribution is 2.46. The zero-order valence-electron chi connectivity index (χ0n) is 17.3. The van der Waals surface area contributed by atoms with Gasteiger partial charge in [-0.15, -0.1) is 0 Å². The molecule has 0 saturated carbocycles. The molecule has 0 fully saturated rings. The second-order valence-corrected chi connectivity index (χ2v) is 10.7. The third kappa shape index (κ3) is 4.39. The predicted molar refractivity (Wildman–Crippen MR) is 116 cm³/mol. The Morgan fingerprint density at radius 3 is 1.60 bits per heavy atom. The number of aryl methyl sites for hydroxylation is 6. The van der Waals surface area contributed by atoms with E-state index in [0.29, 0.717) is 0 Å². The third-order valence-electron chi connectivity index (χ3n) is 4.98. The van der Waals surface area contributed by atoms with E-state index in [-0.39, 0.29) is 13.1 Å². The molecule has 1 nitrogen and oxygen atoms in total. The third-order valence-corrected chi connectivity index (χ3v) is 8.20. The van der Waals surface area contributed by atoms with Gasteiger partial charge in [-0.2, -0.15) is 0 Å². The largest absolute Gasteiger partial charge is 0.260 e. The van der Waals surface area contributed by atoms with Gasteiger partial charge in [-0.05, 0) is 75.8 Å². The lowest BCUT2D eigenvalue weighted by atomic mass is 10.1. The first-order chi connectivity index (χ1) is 11.5. The van der Waals surface area contributed by atoms with Crippen molar-refractivity contribution in [2.45, 2.75) is 60.5 Å². The van der Waals surface area contributed by atoms with E-state index in [9.17, 15) is 0 Å². The molecule has 0 radical (unpaired) electrons. The quantitative estimate of drug-likeness (QED) is 0.442. The van der Waals surface area contributed by atoms with Crippen LogP contribution in [-0.4, -0.2) is 18.0 Å². The summed E-state index contributed by atoms with van der Waals surface area (Å²) in [6.07, 6.45) is 2.18. The molecule has 1 atom stereocenters. The number of rotatable bonds is 4. The lowest BCUT2D eigenvalue weighted by molar-refractivity contribution is 0.957. The van der Waals surface area contributed by atoms with Gasteiger partial charge in [0.25, 0.3) is 0 Å². The van der Waals surface area contributed by atoms with E-state index in [2.05, 4.69) is 92.5 Å². The molecule has 2 aromatic carbocycles. The van der Waals surface area contributed by atoms with Gasteiger partial charge in [0.2, 0.25) is 0 Å². The van der Waals surface area contributed by atoms with Crippen molar-refractivity contribution in [2.75, 3.05) is 6.66 Å². The summed E-state index contributed by atoms with van der Waals surface area (Å²) in [4.78, 5) is 4.93. The van der Waals surface area contributed by atoms with E-state index in [0.717, 1.165) is 5.69 Å². The second kappa shape index (κ2) is 7.42. The van der Waals surface area contributed by atoms with Gasteiger partial charge in [-0.25, -0.2) is 0 Å². The fourth-order valence-electron chi connectivity index (χ4n) is 3.67. The van der Waals surface area contributed by atoms with Crippen LogP contribution in [0.3, 0.4) is 0 Å². The summed E-state index contributed by atoms with van der Waals surface area (Å²) >= 11 is 0. The number of benzene rings is 2. The number of hydrogen-bond acceptors (Lipinski definition) is 1. The highest BCUT2D eigenvalue weighted by Gasteiger charge is 2.27. The van der Waals surface area contributed by atoms with E-state index >= 15 is 0 Å². The summed E-state index contributed by atoms with van der Waals surface area (Å²) in [6.45, 7) is 20.2. The molecule has 1 unspecified atom stereocenters. The van der Waals surface area contributed by atoms with Gasteiger partial charge in [0, 0.05) is 11.4 Å². The highest BCUT2D eigenvalue weighted by atomic mass is 31.1. The van der Waals surface area contributed by atoms with Crippen LogP contribution >= 0.6 is 7.92 Å². The maximum Gasteiger partial charge on any atom is 0.0684 e. The van der Waals surface area contributed by atoms with Crippen molar-refractivity contribution < 1.29 is 0 Å². The predicted octanol–water partition coefficient (Wildman–Crippen LogP) is 6.46. The maximum absolute atomic E-state index is 4.93. The molecule has 2 aromatic rings. The van der Waals surface area contributed by atoms with Gasteiger partial charge in [0.1, 0.15) is 0 Å². The van der Waals surface area contributed by atoms with Crippen LogP contribution < -0.4 is 5.30 Å². The number of hydrogen-bond donors (Lipinski definition) is 0. The second-order valence-electron chi connectivity index (χ2n) is 7.97. The Labute approximate surface area is 155 Å². The Kier molecular flexibility index (Phi) is 5.89. The SMILES string of the molecule is Cc1cc(C)c(N=CC(C)(C)P(C)c2c(C)cc(C)cc2C)c(C)c1. The van der Waals surface area contributed by atoms with Crippen molar-refractivity contribution >= 4 is 25.1 Å². The molecule has 0 aliphatic heterocycles. The Balaban J connectivity index is 2.39. The van der Waals surface area contributed by atoms with Crippen molar-refractivity contribution in [3.8, 4) is 0 Å². The smallest absolute Gasteiger partial charge is 0.0684 e. The topological polar surface area (TPSA) is 12.4 Å². The molecule has 0 aromatic heterocycles. The van der Waals surface area contributed by atoms with Crippen LogP contribution in [0.1, 0.15) is 47.2 Å². The summed E-state index contributed by atoms with van der Waals surface area (Å²) in [5.74, 6) is 0.